The molecule has 0 aliphatic carbocycles. The highest BCUT2D eigenvalue weighted by atomic mass is 32.1. The molecule has 0 radical (unpaired) electrons. The van der Waals surface area contributed by atoms with Crippen LogP contribution in [0.15, 0.2) is 64.0 Å². The molecule has 3 rings (SSSR count). The quantitative estimate of drug-likeness (QED) is 0.719. The molecule has 3 aromatic rings. The molecular weight excluding hydrogens is 270 g/mol. The van der Waals surface area contributed by atoms with E-state index < -0.39 is 0 Å². The average molecular weight is 283 g/mol. The highest BCUT2D eigenvalue weighted by Gasteiger charge is 2.18. The first kappa shape index (κ1) is 13.0. The zero-order valence-corrected chi connectivity index (χ0v) is 11.5. The molecule has 4 heteroatoms. The summed E-state index contributed by atoms with van der Waals surface area (Å²) in [5.74, 6) is 0.468. The standard InChI is InChI=1S/C16H13NO2S/c18-10-14-15(11-6-8-13(20)9-7-11)16(17-19-14)12-4-2-1-3-5-12/h1-9,18,20H,10H2. The number of thiol groups is 1. The molecule has 0 spiro atoms. The van der Waals surface area contributed by atoms with Gasteiger partial charge in [-0.05, 0) is 17.7 Å². The molecule has 0 saturated carbocycles. The van der Waals surface area contributed by atoms with Crippen LogP contribution in [0.3, 0.4) is 0 Å². The van der Waals surface area contributed by atoms with Crippen molar-refractivity contribution < 1.29 is 9.63 Å². The summed E-state index contributed by atoms with van der Waals surface area (Å²) in [6.45, 7) is -0.183. The van der Waals surface area contributed by atoms with Crippen molar-refractivity contribution in [2.45, 2.75) is 11.5 Å². The molecule has 20 heavy (non-hydrogen) atoms. The Balaban J connectivity index is 2.18. The van der Waals surface area contributed by atoms with Gasteiger partial charge >= 0.3 is 0 Å². The average Bonchev–Trinajstić information content (AvgIpc) is 2.93. The van der Waals surface area contributed by atoms with Gasteiger partial charge in [-0.2, -0.15) is 0 Å². The van der Waals surface area contributed by atoms with Crippen molar-refractivity contribution in [3.8, 4) is 22.4 Å². The van der Waals surface area contributed by atoms with E-state index in [9.17, 15) is 5.11 Å². The maximum absolute atomic E-state index is 9.45. The van der Waals surface area contributed by atoms with E-state index in [-0.39, 0.29) is 6.61 Å². The maximum Gasteiger partial charge on any atom is 0.170 e. The number of aromatic nitrogens is 1. The van der Waals surface area contributed by atoms with Gasteiger partial charge in [0.15, 0.2) is 5.76 Å². The molecule has 1 heterocycles. The number of hydrogen-bond acceptors (Lipinski definition) is 4. The monoisotopic (exact) mass is 283 g/mol. The number of nitrogens with zero attached hydrogens (tertiary/aromatic N) is 1. The predicted octanol–water partition coefficient (Wildman–Crippen LogP) is 3.79. The van der Waals surface area contributed by atoms with Crippen LogP contribution in [0.1, 0.15) is 5.76 Å². The molecule has 1 N–H and O–H groups in total. The van der Waals surface area contributed by atoms with Gasteiger partial charge in [-0.15, -0.1) is 12.6 Å². The van der Waals surface area contributed by atoms with Gasteiger partial charge in [0.2, 0.25) is 0 Å². The van der Waals surface area contributed by atoms with Gasteiger partial charge in [-0.3, -0.25) is 0 Å². The van der Waals surface area contributed by atoms with Crippen LogP contribution in [0.2, 0.25) is 0 Å². The van der Waals surface area contributed by atoms with Crippen molar-refractivity contribution in [1.82, 2.24) is 5.16 Å². The first-order chi connectivity index (χ1) is 9.79. The fraction of sp³-hybridized carbons (Fsp3) is 0.0625. The summed E-state index contributed by atoms with van der Waals surface area (Å²) in [7, 11) is 0. The van der Waals surface area contributed by atoms with Crippen LogP contribution in [0.5, 0.6) is 0 Å². The fourth-order valence-electron chi connectivity index (χ4n) is 2.15. The maximum atomic E-state index is 9.45. The predicted molar refractivity (Wildman–Crippen MR) is 80.5 cm³/mol. The first-order valence-electron chi connectivity index (χ1n) is 6.24. The van der Waals surface area contributed by atoms with Gasteiger partial charge < -0.3 is 9.63 Å². The van der Waals surface area contributed by atoms with E-state index in [0.29, 0.717) is 5.76 Å². The molecule has 0 fully saturated rings. The molecule has 0 unspecified atom stereocenters. The Hall–Kier alpha value is -2.04. The van der Waals surface area contributed by atoms with Crippen LogP contribution in [-0.4, -0.2) is 10.3 Å². The van der Waals surface area contributed by atoms with E-state index in [1.54, 1.807) is 0 Å². The van der Waals surface area contributed by atoms with Gasteiger partial charge in [-0.1, -0.05) is 47.6 Å². The highest BCUT2D eigenvalue weighted by molar-refractivity contribution is 7.80. The third-order valence-corrected chi connectivity index (χ3v) is 3.41. The topological polar surface area (TPSA) is 46.3 Å². The summed E-state index contributed by atoms with van der Waals surface area (Å²) < 4.78 is 5.26. The normalized spacial score (nSPS) is 10.7. The molecule has 0 saturated heterocycles. The van der Waals surface area contributed by atoms with Crippen LogP contribution in [0.25, 0.3) is 22.4 Å². The molecule has 2 aromatic carbocycles. The summed E-state index contributed by atoms with van der Waals surface area (Å²) in [4.78, 5) is 0.886. The lowest BCUT2D eigenvalue weighted by Crippen LogP contribution is -1.87. The highest BCUT2D eigenvalue weighted by Crippen LogP contribution is 2.34. The molecule has 100 valence electrons. The fourth-order valence-corrected chi connectivity index (χ4v) is 2.30. The second-order valence-electron chi connectivity index (χ2n) is 4.40. The Kier molecular flexibility index (Phi) is 3.58. The van der Waals surface area contributed by atoms with E-state index in [1.807, 2.05) is 54.6 Å². The number of hydrogen-bond donors (Lipinski definition) is 2. The van der Waals surface area contributed by atoms with Gasteiger partial charge in [0, 0.05) is 10.5 Å². The Morgan fingerprint density at radius 3 is 2.30 bits per heavy atom. The van der Waals surface area contributed by atoms with Crippen molar-refractivity contribution in [2.75, 3.05) is 0 Å². The Bertz CT molecular complexity index is 705. The zero-order chi connectivity index (χ0) is 13.9. The molecule has 0 aliphatic heterocycles. The third kappa shape index (κ3) is 2.35. The summed E-state index contributed by atoms with van der Waals surface area (Å²) in [5.41, 5.74) is 3.47. The van der Waals surface area contributed by atoms with Crippen LogP contribution >= 0.6 is 12.6 Å². The lowest BCUT2D eigenvalue weighted by Gasteiger charge is -2.04. The van der Waals surface area contributed by atoms with Gasteiger partial charge in [0.25, 0.3) is 0 Å². The van der Waals surface area contributed by atoms with Crippen molar-refractivity contribution in [3.05, 3.63) is 60.4 Å². The lowest BCUT2D eigenvalue weighted by atomic mass is 9.99. The summed E-state index contributed by atoms with van der Waals surface area (Å²) in [6.07, 6.45) is 0. The number of aliphatic hydroxyl groups excluding tert-OH is 1. The zero-order valence-electron chi connectivity index (χ0n) is 10.7. The third-order valence-electron chi connectivity index (χ3n) is 3.11. The van der Waals surface area contributed by atoms with Crippen molar-refractivity contribution >= 4 is 12.6 Å². The Morgan fingerprint density at radius 2 is 1.65 bits per heavy atom. The minimum atomic E-state index is -0.183. The SMILES string of the molecule is OCc1onc(-c2ccccc2)c1-c1ccc(S)cc1. The van der Waals surface area contributed by atoms with E-state index in [1.165, 1.54) is 0 Å². The lowest BCUT2D eigenvalue weighted by molar-refractivity contribution is 0.230. The van der Waals surface area contributed by atoms with Gasteiger partial charge in [0.1, 0.15) is 12.3 Å². The van der Waals surface area contributed by atoms with Crippen molar-refractivity contribution in [1.29, 1.82) is 0 Å². The van der Waals surface area contributed by atoms with Crippen LogP contribution in [-0.2, 0) is 6.61 Å². The van der Waals surface area contributed by atoms with E-state index in [4.69, 9.17) is 4.52 Å². The van der Waals surface area contributed by atoms with Crippen LogP contribution in [0, 0.1) is 0 Å². The minimum Gasteiger partial charge on any atom is -0.388 e. The van der Waals surface area contributed by atoms with Crippen LogP contribution in [0.4, 0.5) is 0 Å². The molecule has 0 amide bonds. The molecule has 0 bridgehead atoms. The first-order valence-corrected chi connectivity index (χ1v) is 6.68. The molecule has 0 aliphatic rings. The van der Waals surface area contributed by atoms with E-state index in [2.05, 4.69) is 17.8 Å². The summed E-state index contributed by atoms with van der Waals surface area (Å²) in [6, 6.07) is 17.5. The van der Waals surface area contributed by atoms with Crippen molar-refractivity contribution in [2.24, 2.45) is 0 Å². The molecule has 0 atom stereocenters. The van der Waals surface area contributed by atoms with E-state index in [0.717, 1.165) is 27.3 Å². The molecule has 1 aromatic heterocycles. The Labute approximate surface area is 122 Å². The summed E-state index contributed by atoms with van der Waals surface area (Å²) >= 11 is 4.29. The number of benzene rings is 2. The largest absolute Gasteiger partial charge is 0.388 e. The van der Waals surface area contributed by atoms with Gasteiger partial charge in [0.05, 0.1) is 5.56 Å². The van der Waals surface area contributed by atoms with Crippen LogP contribution < -0.4 is 0 Å². The van der Waals surface area contributed by atoms with Gasteiger partial charge in [-0.25, -0.2) is 0 Å². The minimum absolute atomic E-state index is 0.183. The second kappa shape index (κ2) is 5.53. The summed E-state index contributed by atoms with van der Waals surface area (Å²) in [5, 5.41) is 13.5. The number of aliphatic hydroxyl groups is 1. The Morgan fingerprint density at radius 1 is 0.950 bits per heavy atom. The molecule has 3 nitrogen and oxygen atoms in total. The number of rotatable bonds is 3. The smallest absolute Gasteiger partial charge is 0.170 e. The second-order valence-corrected chi connectivity index (χ2v) is 4.92. The van der Waals surface area contributed by atoms with Crippen molar-refractivity contribution in [3.63, 3.8) is 0 Å². The molecular formula is C16H13NO2S. The van der Waals surface area contributed by atoms with E-state index >= 15 is 0 Å².